The van der Waals surface area contributed by atoms with Gasteiger partial charge in [-0.05, 0) is 54.9 Å². The highest BCUT2D eigenvalue weighted by Crippen LogP contribution is 2.58. The second-order valence-corrected chi connectivity index (χ2v) is 6.92. The largest absolute Gasteiger partial charge is 0.393 e. The van der Waals surface area contributed by atoms with Crippen LogP contribution in [0.3, 0.4) is 0 Å². The quantitative estimate of drug-likeness (QED) is 0.626. The minimum absolute atomic E-state index is 0.163. The minimum Gasteiger partial charge on any atom is -0.393 e. The van der Waals surface area contributed by atoms with Gasteiger partial charge in [-0.1, -0.05) is 20.4 Å². The molecule has 0 saturated heterocycles. The monoisotopic (exact) mass is 254 g/mol. The molecule has 0 aromatic rings. The van der Waals surface area contributed by atoms with Crippen molar-refractivity contribution in [3.63, 3.8) is 0 Å². The smallest absolute Gasteiger partial charge is 0.0909 e. The van der Waals surface area contributed by atoms with Crippen molar-refractivity contribution in [1.82, 2.24) is 0 Å². The molecule has 0 aliphatic heterocycles. The molecule has 2 fully saturated rings. The SMILES string of the molecule is C=C1CC[C@@H]2[C@H](CC2(C)C)[C@@](O)(CO)CC[C@@H]1O. The van der Waals surface area contributed by atoms with Crippen molar-refractivity contribution in [2.75, 3.05) is 6.61 Å². The Bertz CT molecular complexity index is 337. The zero-order valence-corrected chi connectivity index (χ0v) is 11.5. The van der Waals surface area contributed by atoms with E-state index in [9.17, 15) is 15.3 Å². The van der Waals surface area contributed by atoms with Gasteiger partial charge in [0.05, 0.1) is 18.3 Å². The second kappa shape index (κ2) is 4.62. The van der Waals surface area contributed by atoms with Crippen LogP contribution in [-0.4, -0.2) is 33.6 Å². The maximum Gasteiger partial charge on any atom is 0.0909 e. The zero-order chi connectivity index (χ0) is 13.6. The average Bonchev–Trinajstić information content (AvgIpc) is 2.35. The first kappa shape index (κ1) is 14.0. The highest BCUT2D eigenvalue weighted by atomic mass is 16.3. The Kier molecular flexibility index (Phi) is 3.60. The molecule has 0 amide bonds. The number of aliphatic hydroxyl groups is 3. The minimum atomic E-state index is -1.02. The third-order valence-electron chi connectivity index (χ3n) is 5.30. The van der Waals surface area contributed by atoms with E-state index in [0.29, 0.717) is 18.8 Å². The first-order chi connectivity index (χ1) is 8.30. The van der Waals surface area contributed by atoms with Crippen LogP contribution < -0.4 is 0 Å². The average molecular weight is 254 g/mol. The van der Waals surface area contributed by atoms with Gasteiger partial charge in [-0.2, -0.15) is 0 Å². The van der Waals surface area contributed by atoms with Crippen LogP contribution in [0, 0.1) is 17.3 Å². The molecule has 0 aromatic carbocycles. The van der Waals surface area contributed by atoms with E-state index in [1.54, 1.807) is 0 Å². The van der Waals surface area contributed by atoms with Gasteiger partial charge in [0.1, 0.15) is 0 Å². The van der Waals surface area contributed by atoms with E-state index in [4.69, 9.17) is 0 Å². The fourth-order valence-electron chi connectivity index (χ4n) is 3.88. The second-order valence-electron chi connectivity index (χ2n) is 6.92. The lowest BCUT2D eigenvalue weighted by Crippen LogP contribution is -2.57. The van der Waals surface area contributed by atoms with E-state index in [1.165, 1.54) is 0 Å². The highest BCUT2D eigenvalue weighted by molar-refractivity contribution is 5.10. The van der Waals surface area contributed by atoms with Gasteiger partial charge in [0.15, 0.2) is 0 Å². The van der Waals surface area contributed by atoms with Gasteiger partial charge >= 0.3 is 0 Å². The van der Waals surface area contributed by atoms with Gasteiger partial charge in [0.25, 0.3) is 0 Å². The Hall–Kier alpha value is -0.380. The maximum atomic E-state index is 10.6. The third-order valence-corrected chi connectivity index (χ3v) is 5.30. The summed E-state index contributed by atoms with van der Waals surface area (Å²) in [5.74, 6) is 0.576. The van der Waals surface area contributed by atoms with Crippen molar-refractivity contribution in [1.29, 1.82) is 0 Å². The van der Waals surface area contributed by atoms with Crippen molar-refractivity contribution in [2.24, 2.45) is 17.3 Å². The highest BCUT2D eigenvalue weighted by Gasteiger charge is 2.55. The Morgan fingerprint density at radius 3 is 2.50 bits per heavy atom. The van der Waals surface area contributed by atoms with Crippen molar-refractivity contribution >= 4 is 0 Å². The van der Waals surface area contributed by atoms with Crippen LogP contribution in [0.25, 0.3) is 0 Å². The number of aliphatic hydroxyl groups excluding tert-OH is 2. The van der Waals surface area contributed by atoms with Crippen LogP contribution in [-0.2, 0) is 0 Å². The molecular weight excluding hydrogens is 228 g/mol. The van der Waals surface area contributed by atoms with Crippen LogP contribution in [0.15, 0.2) is 12.2 Å². The van der Waals surface area contributed by atoms with Gasteiger partial charge in [-0.15, -0.1) is 0 Å². The molecule has 2 saturated carbocycles. The molecule has 0 unspecified atom stereocenters. The van der Waals surface area contributed by atoms with Gasteiger partial charge in [0, 0.05) is 0 Å². The molecule has 2 aliphatic carbocycles. The fraction of sp³-hybridized carbons (Fsp3) is 0.867. The van der Waals surface area contributed by atoms with Crippen LogP contribution in [0.1, 0.15) is 46.0 Å². The van der Waals surface area contributed by atoms with E-state index in [-0.39, 0.29) is 17.9 Å². The van der Waals surface area contributed by atoms with Crippen LogP contribution in [0.5, 0.6) is 0 Å². The Morgan fingerprint density at radius 1 is 1.28 bits per heavy atom. The van der Waals surface area contributed by atoms with Crippen molar-refractivity contribution in [2.45, 2.75) is 57.7 Å². The Morgan fingerprint density at radius 2 is 1.94 bits per heavy atom. The van der Waals surface area contributed by atoms with E-state index < -0.39 is 11.7 Å². The summed E-state index contributed by atoms with van der Waals surface area (Å²) in [4.78, 5) is 0. The number of rotatable bonds is 1. The fourth-order valence-corrected chi connectivity index (χ4v) is 3.88. The van der Waals surface area contributed by atoms with Crippen molar-refractivity contribution in [3.05, 3.63) is 12.2 Å². The lowest BCUT2D eigenvalue weighted by atomic mass is 9.49. The molecule has 0 heterocycles. The summed E-state index contributed by atoms with van der Waals surface area (Å²) in [6.45, 7) is 8.19. The summed E-state index contributed by atoms with van der Waals surface area (Å²) in [7, 11) is 0. The summed E-state index contributed by atoms with van der Waals surface area (Å²) in [6.07, 6.45) is 3.16. The predicted octanol–water partition coefficient (Wildman–Crippen LogP) is 1.86. The molecule has 3 heteroatoms. The van der Waals surface area contributed by atoms with Gasteiger partial charge in [-0.3, -0.25) is 0 Å². The third kappa shape index (κ3) is 2.24. The number of fused-ring (bicyclic) bond motifs is 1. The first-order valence-electron chi connectivity index (χ1n) is 6.99. The van der Waals surface area contributed by atoms with E-state index >= 15 is 0 Å². The van der Waals surface area contributed by atoms with E-state index in [1.807, 2.05) is 0 Å². The topological polar surface area (TPSA) is 60.7 Å². The molecule has 0 radical (unpaired) electrons. The maximum absolute atomic E-state index is 10.6. The Balaban J connectivity index is 2.22. The van der Waals surface area contributed by atoms with Gasteiger partial charge in [-0.25, -0.2) is 0 Å². The summed E-state index contributed by atoms with van der Waals surface area (Å²) in [5.41, 5.74) is 0.0773. The van der Waals surface area contributed by atoms with E-state index in [2.05, 4.69) is 20.4 Å². The van der Waals surface area contributed by atoms with Crippen LogP contribution >= 0.6 is 0 Å². The normalized spacial score (nSPS) is 44.3. The lowest BCUT2D eigenvalue weighted by molar-refractivity contribution is -0.169. The van der Waals surface area contributed by atoms with Crippen LogP contribution in [0.4, 0.5) is 0 Å². The molecule has 4 atom stereocenters. The van der Waals surface area contributed by atoms with Gasteiger partial charge < -0.3 is 15.3 Å². The predicted molar refractivity (Wildman–Crippen MR) is 71.0 cm³/mol. The molecule has 3 nitrogen and oxygen atoms in total. The summed E-state index contributed by atoms with van der Waals surface area (Å²) < 4.78 is 0. The van der Waals surface area contributed by atoms with Crippen LogP contribution in [0.2, 0.25) is 0 Å². The lowest BCUT2D eigenvalue weighted by Gasteiger charge is -2.57. The molecular formula is C15H26O3. The molecule has 2 aliphatic rings. The summed E-state index contributed by atoms with van der Waals surface area (Å²) in [6, 6.07) is 0. The molecule has 2 rings (SSSR count). The summed E-state index contributed by atoms with van der Waals surface area (Å²) >= 11 is 0. The summed E-state index contributed by atoms with van der Waals surface area (Å²) in [5, 5.41) is 30.2. The number of hydrogen-bond donors (Lipinski definition) is 3. The van der Waals surface area contributed by atoms with Crippen molar-refractivity contribution in [3.8, 4) is 0 Å². The molecule has 0 bridgehead atoms. The zero-order valence-electron chi connectivity index (χ0n) is 11.5. The standard InChI is InChI=1S/C15H26O3/c1-10-4-5-11-12(8-14(11,2)3)15(18,9-16)7-6-13(10)17/h11-13,16-18H,1,4-9H2,2-3H3/t11-,12+,13+,15+/m1/s1. The van der Waals surface area contributed by atoms with Crippen molar-refractivity contribution < 1.29 is 15.3 Å². The molecule has 104 valence electrons. The Labute approximate surface area is 110 Å². The first-order valence-corrected chi connectivity index (χ1v) is 6.99. The molecule has 0 aromatic heterocycles. The van der Waals surface area contributed by atoms with E-state index in [0.717, 1.165) is 24.8 Å². The van der Waals surface area contributed by atoms with Gasteiger partial charge in [0.2, 0.25) is 0 Å². The number of hydrogen-bond acceptors (Lipinski definition) is 3. The molecule has 18 heavy (non-hydrogen) atoms. The molecule has 0 spiro atoms. The molecule has 3 N–H and O–H groups in total.